The fraction of sp³-hybridized carbons (Fsp3) is 0.250. The summed E-state index contributed by atoms with van der Waals surface area (Å²) >= 11 is 6.10. The average molecular weight is 330 g/mol. The molecule has 0 atom stereocenters. The molecular formula is C16H16ClN5O. The molecule has 0 aliphatic heterocycles. The maximum Gasteiger partial charge on any atom is 0.258 e. The zero-order valence-corrected chi connectivity index (χ0v) is 13.4. The van der Waals surface area contributed by atoms with Crippen LogP contribution in [0.5, 0.6) is 0 Å². The highest BCUT2D eigenvalue weighted by Crippen LogP contribution is 2.42. The summed E-state index contributed by atoms with van der Waals surface area (Å²) in [5.74, 6) is 0.643. The highest BCUT2D eigenvalue weighted by Gasteiger charge is 2.28. The maximum absolute atomic E-state index is 12.4. The zero-order chi connectivity index (χ0) is 16.4. The first-order valence-electron chi connectivity index (χ1n) is 7.24. The number of anilines is 1. The summed E-state index contributed by atoms with van der Waals surface area (Å²) in [6.45, 7) is 3.60. The van der Waals surface area contributed by atoms with Crippen molar-refractivity contribution in [3.8, 4) is 0 Å². The van der Waals surface area contributed by atoms with Crippen molar-refractivity contribution in [1.29, 1.82) is 0 Å². The largest absolute Gasteiger partial charge is 0.306 e. The van der Waals surface area contributed by atoms with E-state index in [1.54, 1.807) is 29.9 Å². The van der Waals surface area contributed by atoms with Gasteiger partial charge in [-0.1, -0.05) is 24.3 Å². The zero-order valence-electron chi connectivity index (χ0n) is 12.7. The Hall–Kier alpha value is -2.47. The van der Waals surface area contributed by atoms with Gasteiger partial charge in [-0.15, -0.1) is 0 Å². The summed E-state index contributed by atoms with van der Waals surface area (Å²) in [5.41, 5.74) is 2.15. The molecule has 0 bridgehead atoms. The summed E-state index contributed by atoms with van der Waals surface area (Å²) in [7, 11) is 1.60. The summed E-state index contributed by atoms with van der Waals surface area (Å²) in [5, 5.41) is 7.44. The first kappa shape index (κ1) is 15.4. The lowest BCUT2D eigenvalue weighted by Crippen LogP contribution is -2.18. The summed E-state index contributed by atoms with van der Waals surface area (Å²) in [6, 6.07) is 1.57. The van der Waals surface area contributed by atoms with E-state index in [1.165, 1.54) is 12.3 Å². The minimum absolute atomic E-state index is 0.314. The van der Waals surface area contributed by atoms with Gasteiger partial charge in [-0.3, -0.25) is 9.79 Å². The maximum atomic E-state index is 12.4. The number of aromatic nitrogens is 3. The van der Waals surface area contributed by atoms with E-state index in [0.29, 0.717) is 28.1 Å². The predicted molar refractivity (Wildman–Crippen MR) is 91.3 cm³/mol. The van der Waals surface area contributed by atoms with Crippen molar-refractivity contribution in [3.05, 3.63) is 47.3 Å². The van der Waals surface area contributed by atoms with Crippen molar-refractivity contribution in [2.75, 3.05) is 12.4 Å². The minimum Gasteiger partial charge on any atom is -0.306 e. The predicted octanol–water partition coefficient (Wildman–Crippen LogP) is 3.01. The van der Waals surface area contributed by atoms with Crippen LogP contribution >= 0.6 is 11.6 Å². The highest BCUT2D eigenvalue weighted by molar-refractivity contribution is 6.30. The molecule has 1 N–H and O–H groups in total. The van der Waals surface area contributed by atoms with Gasteiger partial charge in [0.25, 0.3) is 5.91 Å². The van der Waals surface area contributed by atoms with E-state index in [2.05, 4.69) is 27.0 Å². The molecule has 118 valence electrons. The molecule has 1 saturated carbocycles. The topological polar surface area (TPSA) is 71.7 Å². The van der Waals surface area contributed by atoms with E-state index in [1.807, 2.05) is 0 Å². The Morgan fingerprint density at radius 3 is 3.00 bits per heavy atom. The van der Waals surface area contributed by atoms with Gasteiger partial charge >= 0.3 is 0 Å². The van der Waals surface area contributed by atoms with Gasteiger partial charge in [-0.05, 0) is 24.8 Å². The molecule has 1 aliphatic rings. The Bertz CT molecular complexity index is 832. The number of rotatable bonds is 5. The fourth-order valence-corrected chi connectivity index (χ4v) is 2.54. The van der Waals surface area contributed by atoms with E-state index < -0.39 is 0 Å². The number of nitrogens with zero attached hydrogens (tertiary/aromatic N) is 4. The summed E-state index contributed by atoms with van der Waals surface area (Å²) < 4.78 is 1.60. The van der Waals surface area contributed by atoms with Crippen LogP contribution in [0.1, 0.15) is 24.3 Å². The number of fused-ring (bicyclic) bond motifs is 1. The monoisotopic (exact) mass is 329 g/mol. The van der Waals surface area contributed by atoms with Crippen molar-refractivity contribution in [1.82, 2.24) is 14.6 Å². The Balaban J connectivity index is 1.98. The summed E-state index contributed by atoms with van der Waals surface area (Å²) in [4.78, 5) is 20.6. The number of amides is 1. The SMILES string of the molecule is C=C/C=C(\C=NC)C(=O)Nc1cc(Cl)nc2c(C3CC3)cnn12. The van der Waals surface area contributed by atoms with Gasteiger partial charge < -0.3 is 5.32 Å². The van der Waals surface area contributed by atoms with E-state index in [0.717, 1.165) is 18.4 Å². The number of carbonyl (C=O) groups excluding carboxylic acids is 1. The van der Waals surface area contributed by atoms with Crippen LogP contribution in [0.15, 0.2) is 41.6 Å². The van der Waals surface area contributed by atoms with Gasteiger partial charge in [0.2, 0.25) is 0 Å². The van der Waals surface area contributed by atoms with Crippen molar-refractivity contribution in [3.63, 3.8) is 0 Å². The van der Waals surface area contributed by atoms with Crippen molar-refractivity contribution < 1.29 is 4.79 Å². The first-order valence-corrected chi connectivity index (χ1v) is 7.62. The van der Waals surface area contributed by atoms with Gasteiger partial charge in [0.15, 0.2) is 5.65 Å². The van der Waals surface area contributed by atoms with Gasteiger partial charge in [0, 0.05) is 24.9 Å². The van der Waals surface area contributed by atoms with Gasteiger partial charge in [0.1, 0.15) is 11.0 Å². The standard InChI is InChI=1S/C16H16ClN5O/c1-3-4-11(8-18-2)16(23)21-14-7-13(17)20-15-12(10-5-6-10)9-19-22(14)15/h3-4,7-10H,1,5-6H2,2H3,(H,21,23)/b11-4+,18-8?. The number of hydrogen-bond donors (Lipinski definition) is 1. The molecule has 1 aliphatic carbocycles. The van der Waals surface area contributed by atoms with E-state index in [4.69, 9.17) is 11.6 Å². The molecule has 0 aromatic carbocycles. The third-order valence-electron chi connectivity index (χ3n) is 3.55. The molecule has 6 nitrogen and oxygen atoms in total. The second-order valence-electron chi connectivity index (χ2n) is 5.27. The number of halogens is 1. The van der Waals surface area contributed by atoms with Crippen molar-refractivity contribution in [2.45, 2.75) is 18.8 Å². The van der Waals surface area contributed by atoms with Crippen molar-refractivity contribution in [2.24, 2.45) is 4.99 Å². The smallest absolute Gasteiger partial charge is 0.258 e. The molecule has 23 heavy (non-hydrogen) atoms. The van der Waals surface area contributed by atoms with Crippen LogP contribution in [-0.4, -0.2) is 33.8 Å². The molecule has 0 radical (unpaired) electrons. The van der Waals surface area contributed by atoms with Crippen LogP contribution in [0.2, 0.25) is 5.15 Å². The number of hydrogen-bond acceptors (Lipinski definition) is 4. The van der Waals surface area contributed by atoms with Gasteiger partial charge in [0.05, 0.1) is 11.8 Å². The first-order chi connectivity index (χ1) is 11.1. The van der Waals surface area contributed by atoms with Crippen molar-refractivity contribution >= 4 is 35.2 Å². The van der Waals surface area contributed by atoms with Crippen LogP contribution in [0.25, 0.3) is 5.65 Å². The Kier molecular flexibility index (Phi) is 4.25. The molecule has 1 amide bonds. The molecule has 0 unspecified atom stereocenters. The third kappa shape index (κ3) is 3.17. The van der Waals surface area contributed by atoms with Crippen LogP contribution in [0.4, 0.5) is 5.82 Å². The molecular weight excluding hydrogens is 314 g/mol. The third-order valence-corrected chi connectivity index (χ3v) is 3.75. The number of allylic oxidation sites excluding steroid dienone is 2. The molecule has 2 heterocycles. The molecule has 7 heteroatoms. The quantitative estimate of drug-likeness (QED) is 0.396. The van der Waals surface area contributed by atoms with Crippen LogP contribution in [0, 0.1) is 0 Å². The Morgan fingerprint density at radius 1 is 1.57 bits per heavy atom. The molecule has 2 aromatic rings. The van der Waals surface area contributed by atoms with E-state index in [9.17, 15) is 4.79 Å². The molecule has 0 spiro atoms. The fourth-order valence-electron chi connectivity index (χ4n) is 2.35. The number of aliphatic imine (C=N–C) groups is 1. The van der Waals surface area contributed by atoms with Crippen LogP contribution in [-0.2, 0) is 4.79 Å². The lowest BCUT2D eigenvalue weighted by atomic mass is 10.2. The van der Waals surface area contributed by atoms with Gasteiger partial charge in [-0.2, -0.15) is 9.61 Å². The van der Waals surface area contributed by atoms with Gasteiger partial charge in [-0.25, -0.2) is 4.98 Å². The second kappa shape index (κ2) is 6.34. The lowest BCUT2D eigenvalue weighted by Gasteiger charge is -2.08. The molecule has 3 rings (SSSR count). The average Bonchev–Trinajstić information content (AvgIpc) is 3.27. The van der Waals surface area contributed by atoms with Crippen LogP contribution in [0.3, 0.4) is 0 Å². The Labute approximate surface area is 138 Å². The number of nitrogens with one attached hydrogen (secondary N) is 1. The molecule has 2 aromatic heterocycles. The van der Waals surface area contributed by atoms with Crippen LogP contribution < -0.4 is 5.32 Å². The van der Waals surface area contributed by atoms with E-state index in [-0.39, 0.29) is 5.91 Å². The lowest BCUT2D eigenvalue weighted by molar-refractivity contribution is -0.112. The van der Waals surface area contributed by atoms with E-state index >= 15 is 0 Å². The number of carbonyl (C=O) groups is 1. The normalized spacial score (nSPS) is 15.3. The molecule has 0 saturated heterocycles. The summed E-state index contributed by atoms with van der Waals surface area (Å²) in [6.07, 6.45) is 8.65. The minimum atomic E-state index is -0.317. The second-order valence-corrected chi connectivity index (χ2v) is 5.66. The highest BCUT2D eigenvalue weighted by atomic mass is 35.5. The molecule has 1 fully saturated rings. The Morgan fingerprint density at radius 2 is 2.35 bits per heavy atom.